The SMILES string of the molecule is COc1ccc(-c2nc3ccc(C(=O)OCC(=O)NC4CC4)cc3[nH]2)cc1. The number of aromatic amines is 1. The van der Waals surface area contributed by atoms with Crippen LogP contribution in [0.2, 0.25) is 0 Å². The molecule has 1 aliphatic rings. The molecule has 0 unspecified atom stereocenters. The smallest absolute Gasteiger partial charge is 0.338 e. The summed E-state index contributed by atoms with van der Waals surface area (Å²) in [6, 6.07) is 12.8. The van der Waals surface area contributed by atoms with E-state index < -0.39 is 5.97 Å². The first-order chi connectivity index (χ1) is 13.1. The van der Waals surface area contributed by atoms with Crippen molar-refractivity contribution < 1.29 is 19.1 Å². The molecule has 4 rings (SSSR count). The molecular formula is C20H19N3O4. The van der Waals surface area contributed by atoms with Crippen LogP contribution in [0.4, 0.5) is 0 Å². The van der Waals surface area contributed by atoms with Gasteiger partial charge in [0.2, 0.25) is 0 Å². The molecule has 0 atom stereocenters. The van der Waals surface area contributed by atoms with Crippen LogP contribution in [0.5, 0.6) is 5.75 Å². The van der Waals surface area contributed by atoms with Crippen molar-refractivity contribution in [2.75, 3.05) is 13.7 Å². The van der Waals surface area contributed by atoms with Crippen molar-refractivity contribution in [3.8, 4) is 17.1 Å². The lowest BCUT2D eigenvalue weighted by atomic mass is 10.2. The van der Waals surface area contributed by atoms with E-state index in [1.54, 1.807) is 25.3 Å². The average molecular weight is 365 g/mol. The van der Waals surface area contributed by atoms with Gasteiger partial charge in [-0.25, -0.2) is 9.78 Å². The number of carbonyl (C=O) groups excluding carboxylic acids is 2. The number of esters is 1. The van der Waals surface area contributed by atoms with E-state index in [9.17, 15) is 9.59 Å². The maximum Gasteiger partial charge on any atom is 0.338 e. The third-order valence-electron chi connectivity index (χ3n) is 4.36. The molecule has 2 N–H and O–H groups in total. The van der Waals surface area contributed by atoms with Crippen LogP contribution in [0, 0.1) is 0 Å². The minimum Gasteiger partial charge on any atom is -0.497 e. The Morgan fingerprint density at radius 1 is 1.19 bits per heavy atom. The summed E-state index contributed by atoms with van der Waals surface area (Å²) in [4.78, 5) is 31.6. The van der Waals surface area contributed by atoms with Crippen molar-refractivity contribution in [2.45, 2.75) is 18.9 Å². The van der Waals surface area contributed by atoms with Gasteiger partial charge >= 0.3 is 5.97 Å². The first kappa shape index (κ1) is 17.1. The van der Waals surface area contributed by atoms with Gasteiger partial charge in [-0.05, 0) is 55.3 Å². The highest BCUT2D eigenvalue weighted by molar-refractivity contribution is 5.95. The Labute approximate surface area is 155 Å². The van der Waals surface area contributed by atoms with Crippen LogP contribution in [-0.2, 0) is 9.53 Å². The van der Waals surface area contributed by atoms with E-state index in [-0.39, 0.29) is 18.6 Å². The molecule has 0 spiro atoms. The number of carbonyl (C=O) groups is 2. The van der Waals surface area contributed by atoms with Crippen molar-refractivity contribution in [1.29, 1.82) is 0 Å². The monoisotopic (exact) mass is 365 g/mol. The summed E-state index contributed by atoms with van der Waals surface area (Å²) in [5.41, 5.74) is 2.74. The summed E-state index contributed by atoms with van der Waals surface area (Å²) in [7, 11) is 1.62. The minimum absolute atomic E-state index is 0.244. The van der Waals surface area contributed by atoms with E-state index in [1.807, 2.05) is 24.3 Å². The summed E-state index contributed by atoms with van der Waals surface area (Å²) in [6.07, 6.45) is 1.99. The number of imidazole rings is 1. The number of aromatic nitrogens is 2. The number of amides is 1. The lowest BCUT2D eigenvalue weighted by Crippen LogP contribution is -2.30. The predicted octanol–water partition coefficient (Wildman–Crippen LogP) is 2.67. The molecule has 1 fully saturated rings. The highest BCUT2D eigenvalue weighted by Gasteiger charge is 2.23. The standard InChI is InChI=1S/C20H19N3O4/c1-26-15-7-2-12(3-8-15)19-22-16-9-4-13(10-17(16)23-19)20(25)27-11-18(24)21-14-5-6-14/h2-4,7-10,14H,5-6,11H2,1H3,(H,21,24)(H,22,23). The predicted molar refractivity (Wildman–Crippen MR) is 99.5 cm³/mol. The molecule has 7 nitrogen and oxygen atoms in total. The van der Waals surface area contributed by atoms with Crippen molar-refractivity contribution in [3.63, 3.8) is 0 Å². The fourth-order valence-corrected chi connectivity index (χ4v) is 2.73. The maximum absolute atomic E-state index is 12.2. The maximum atomic E-state index is 12.2. The first-order valence-corrected chi connectivity index (χ1v) is 8.73. The van der Waals surface area contributed by atoms with Gasteiger partial charge in [-0.3, -0.25) is 4.79 Å². The van der Waals surface area contributed by atoms with Gasteiger partial charge in [-0.15, -0.1) is 0 Å². The van der Waals surface area contributed by atoms with E-state index in [2.05, 4.69) is 15.3 Å². The topological polar surface area (TPSA) is 93.3 Å². The third-order valence-corrected chi connectivity index (χ3v) is 4.36. The van der Waals surface area contributed by atoms with Gasteiger partial charge in [-0.2, -0.15) is 0 Å². The fourth-order valence-electron chi connectivity index (χ4n) is 2.73. The van der Waals surface area contributed by atoms with E-state index >= 15 is 0 Å². The lowest BCUT2D eigenvalue weighted by molar-refractivity contribution is -0.124. The zero-order chi connectivity index (χ0) is 18.8. The Kier molecular flexibility index (Phi) is 4.50. The number of nitrogens with one attached hydrogen (secondary N) is 2. The summed E-state index contributed by atoms with van der Waals surface area (Å²) in [6.45, 7) is -0.270. The van der Waals surface area contributed by atoms with Gasteiger partial charge < -0.3 is 19.8 Å². The minimum atomic E-state index is -0.538. The molecule has 27 heavy (non-hydrogen) atoms. The Morgan fingerprint density at radius 3 is 2.67 bits per heavy atom. The fraction of sp³-hybridized carbons (Fsp3) is 0.250. The van der Waals surface area contributed by atoms with Gasteiger partial charge in [0.1, 0.15) is 11.6 Å². The Balaban J connectivity index is 1.47. The number of nitrogens with zero attached hydrogens (tertiary/aromatic N) is 1. The van der Waals surface area contributed by atoms with Crippen LogP contribution in [0.15, 0.2) is 42.5 Å². The number of methoxy groups -OCH3 is 1. The Bertz CT molecular complexity index is 990. The molecule has 1 saturated carbocycles. The number of hydrogen-bond donors (Lipinski definition) is 2. The molecule has 7 heteroatoms. The van der Waals surface area contributed by atoms with E-state index in [0.29, 0.717) is 11.4 Å². The van der Waals surface area contributed by atoms with Crippen molar-refractivity contribution in [1.82, 2.24) is 15.3 Å². The van der Waals surface area contributed by atoms with Crippen LogP contribution in [0.3, 0.4) is 0 Å². The summed E-state index contributed by atoms with van der Waals surface area (Å²) < 4.78 is 10.2. The molecule has 2 aromatic carbocycles. The van der Waals surface area contributed by atoms with Gasteiger partial charge in [0.15, 0.2) is 6.61 Å². The quantitative estimate of drug-likeness (QED) is 0.655. The summed E-state index contributed by atoms with van der Waals surface area (Å²) in [5, 5.41) is 2.78. The van der Waals surface area contributed by atoms with Crippen molar-refractivity contribution in [3.05, 3.63) is 48.0 Å². The molecular weight excluding hydrogens is 346 g/mol. The normalized spacial score (nSPS) is 13.4. The third kappa shape index (κ3) is 3.92. The second-order valence-electron chi connectivity index (χ2n) is 6.46. The molecule has 1 aliphatic carbocycles. The summed E-state index contributed by atoms with van der Waals surface area (Å²) >= 11 is 0. The van der Waals surface area contributed by atoms with Gasteiger partial charge in [0.05, 0.1) is 23.7 Å². The number of hydrogen-bond acceptors (Lipinski definition) is 5. The Morgan fingerprint density at radius 2 is 1.96 bits per heavy atom. The first-order valence-electron chi connectivity index (χ1n) is 8.73. The number of benzene rings is 2. The second kappa shape index (κ2) is 7.11. The van der Waals surface area contributed by atoms with Crippen LogP contribution >= 0.6 is 0 Å². The molecule has 1 heterocycles. The Hall–Kier alpha value is -3.35. The molecule has 0 bridgehead atoms. The van der Waals surface area contributed by atoms with Crippen LogP contribution < -0.4 is 10.1 Å². The molecule has 0 saturated heterocycles. The van der Waals surface area contributed by atoms with Crippen molar-refractivity contribution in [2.24, 2.45) is 0 Å². The van der Waals surface area contributed by atoms with E-state index in [4.69, 9.17) is 9.47 Å². The highest BCUT2D eigenvalue weighted by Crippen LogP contribution is 2.23. The number of rotatable bonds is 6. The second-order valence-corrected chi connectivity index (χ2v) is 6.46. The number of ether oxygens (including phenoxy) is 2. The van der Waals surface area contributed by atoms with Crippen molar-refractivity contribution >= 4 is 22.9 Å². The zero-order valence-electron chi connectivity index (χ0n) is 14.8. The summed E-state index contributed by atoms with van der Waals surface area (Å²) in [5.74, 6) is 0.659. The largest absolute Gasteiger partial charge is 0.497 e. The average Bonchev–Trinajstić information content (AvgIpc) is 3.40. The molecule has 0 radical (unpaired) electrons. The van der Waals surface area contributed by atoms with Gasteiger partial charge in [0, 0.05) is 11.6 Å². The molecule has 0 aliphatic heterocycles. The van der Waals surface area contributed by atoms with Crippen LogP contribution in [0.1, 0.15) is 23.2 Å². The molecule has 1 amide bonds. The number of fused-ring (bicyclic) bond motifs is 1. The molecule has 138 valence electrons. The highest BCUT2D eigenvalue weighted by atomic mass is 16.5. The molecule has 3 aromatic rings. The van der Waals surface area contributed by atoms with E-state index in [0.717, 1.165) is 35.2 Å². The number of H-pyrrole nitrogens is 1. The van der Waals surface area contributed by atoms with Gasteiger partial charge in [0.25, 0.3) is 5.91 Å². The zero-order valence-corrected chi connectivity index (χ0v) is 14.8. The van der Waals surface area contributed by atoms with E-state index in [1.165, 1.54) is 0 Å². The van der Waals surface area contributed by atoms with Crippen LogP contribution in [-0.4, -0.2) is 41.6 Å². The van der Waals surface area contributed by atoms with Gasteiger partial charge in [-0.1, -0.05) is 0 Å². The lowest BCUT2D eigenvalue weighted by Gasteiger charge is -2.05. The van der Waals surface area contributed by atoms with Crippen LogP contribution in [0.25, 0.3) is 22.4 Å². The molecule has 1 aromatic heterocycles.